The first-order valence-corrected chi connectivity index (χ1v) is 41.7. The second-order valence-corrected chi connectivity index (χ2v) is 31.2. The van der Waals surface area contributed by atoms with Gasteiger partial charge in [-0.2, -0.15) is 19.9 Å². The molecule has 6 aromatic heterocycles. The molecule has 0 spiro atoms. The fourth-order valence-electron chi connectivity index (χ4n) is 17.7. The Morgan fingerprint density at radius 1 is 0.169 bits per heavy atom. The van der Waals surface area contributed by atoms with Gasteiger partial charge in [-0.25, -0.2) is 9.97 Å². The molecule has 10 heteroatoms. The summed E-state index contributed by atoms with van der Waals surface area (Å²) in [6, 6.07) is 153. The number of furan rings is 2. The number of hydrogen-bond donors (Lipinski definition) is 0. The summed E-state index contributed by atoms with van der Waals surface area (Å²) in [4.78, 5) is 31.3. The lowest BCUT2D eigenvalue weighted by atomic mass is 9.91. The minimum absolute atomic E-state index is 0.506. The summed E-state index contributed by atoms with van der Waals surface area (Å²) in [6.07, 6.45) is 0. The molecule has 6 heterocycles. The Bertz CT molecular complexity index is 7980. The predicted octanol–water partition coefficient (Wildman–Crippen LogP) is 29.7. The Morgan fingerprint density at radius 3 is 0.863 bits per heavy atom. The van der Waals surface area contributed by atoms with Crippen molar-refractivity contribution in [2.45, 2.75) is 0 Å². The van der Waals surface area contributed by atoms with Crippen LogP contribution >= 0.6 is 0 Å². The lowest BCUT2D eigenvalue weighted by molar-refractivity contribution is 0.670. The Labute approximate surface area is 713 Å². The number of fused-ring (bicyclic) bond motifs is 14. The van der Waals surface area contributed by atoms with Crippen LogP contribution in [-0.2, 0) is 0 Å². The molecule has 18 aromatic carbocycles. The van der Waals surface area contributed by atoms with E-state index in [1.165, 1.54) is 11.1 Å². The van der Waals surface area contributed by atoms with Gasteiger partial charge in [0.05, 0.1) is 11.0 Å². The number of aromatic nitrogens is 8. The Morgan fingerprint density at radius 2 is 0.460 bits per heavy atom. The molecule has 0 fully saturated rings. The normalized spacial score (nSPS) is 11.5. The Balaban J connectivity index is 0.000000146. The van der Waals surface area contributed by atoms with Crippen LogP contribution in [0.1, 0.15) is 0 Å². The number of nitrogens with zero attached hydrogens (tertiary/aromatic N) is 8. The van der Waals surface area contributed by atoms with Crippen LogP contribution in [0.5, 0.6) is 0 Å². The van der Waals surface area contributed by atoms with Gasteiger partial charge in [-0.05, 0) is 150 Å². The van der Waals surface area contributed by atoms with Gasteiger partial charge in [0.15, 0.2) is 34.5 Å². The second-order valence-electron chi connectivity index (χ2n) is 31.2. The monoisotopic (exact) mass is 1580 g/mol. The molecule has 0 N–H and O–H groups in total. The summed E-state index contributed by atoms with van der Waals surface area (Å²) in [5.74, 6) is 3.39. The van der Waals surface area contributed by atoms with E-state index in [1.807, 2.05) is 54.6 Å². The molecule has 0 aliphatic rings. The van der Waals surface area contributed by atoms with Gasteiger partial charge < -0.3 is 8.83 Å². The zero-order chi connectivity index (χ0) is 82.0. The van der Waals surface area contributed by atoms with E-state index < -0.39 is 0 Å². The first-order valence-electron chi connectivity index (χ1n) is 41.7. The van der Waals surface area contributed by atoms with Crippen LogP contribution < -0.4 is 0 Å². The maximum atomic E-state index is 7.10. The van der Waals surface area contributed by atoms with Crippen molar-refractivity contribution in [2.75, 3.05) is 0 Å². The van der Waals surface area contributed by atoms with Gasteiger partial charge in [-0.3, -0.25) is 9.13 Å². The quantitative estimate of drug-likeness (QED) is 0.106. The van der Waals surface area contributed by atoms with E-state index in [1.54, 1.807) is 0 Å². The molecular weight excluding hydrogens is 1510 g/mol. The van der Waals surface area contributed by atoms with Crippen molar-refractivity contribution in [3.8, 4) is 146 Å². The van der Waals surface area contributed by atoms with Crippen LogP contribution in [0.3, 0.4) is 0 Å². The molecule has 24 rings (SSSR count). The van der Waals surface area contributed by atoms with Crippen LogP contribution in [0.2, 0.25) is 0 Å². The number of para-hydroxylation sites is 2. The van der Waals surface area contributed by atoms with E-state index in [9.17, 15) is 0 Å². The fourth-order valence-corrected chi connectivity index (χ4v) is 17.7. The molecule has 0 saturated heterocycles. The van der Waals surface area contributed by atoms with Crippen molar-refractivity contribution in [3.63, 3.8) is 0 Å². The molecule has 0 unspecified atom stereocenters. The van der Waals surface area contributed by atoms with Crippen molar-refractivity contribution >= 4 is 87.5 Å². The molecule has 124 heavy (non-hydrogen) atoms. The second kappa shape index (κ2) is 30.8. The number of rotatable bonds is 14. The van der Waals surface area contributed by atoms with E-state index in [4.69, 9.17) is 38.7 Å². The van der Waals surface area contributed by atoms with Crippen LogP contribution in [0, 0.1) is 0 Å². The van der Waals surface area contributed by atoms with Gasteiger partial charge in [0.1, 0.15) is 22.2 Å². The van der Waals surface area contributed by atoms with Crippen LogP contribution in [-0.4, -0.2) is 39.0 Å². The summed E-state index contributed by atoms with van der Waals surface area (Å²) in [7, 11) is 0. The van der Waals surface area contributed by atoms with E-state index >= 15 is 0 Å². The Kier molecular flexibility index (Phi) is 18.0. The first-order chi connectivity index (χ1) is 61.4. The fraction of sp³-hybridized carbons (Fsp3) is 0. The van der Waals surface area contributed by atoms with Crippen LogP contribution in [0.4, 0.5) is 0 Å². The summed E-state index contributed by atoms with van der Waals surface area (Å²) < 4.78 is 18.2. The zero-order valence-corrected chi connectivity index (χ0v) is 67.0. The van der Waals surface area contributed by atoms with E-state index in [0.29, 0.717) is 35.2 Å². The summed E-state index contributed by atoms with van der Waals surface area (Å²) in [6.45, 7) is 0. The molecule has 0 aliphatic heterocycles. The molecule has 580 valence electrons. The summed E-state index contributed by atoms with van der Waals surface area (Å²) >= 11 is 0. The third kappa shape index (κ3) is 13.2. The van der Waals surface area contributed by atoms with Crippen molar-refractivity contribution in [1.82, 2.24) is 39.0 Å². The largest absolute Gasteiger partial charge is 0.454 e. The number of benzene rings is 18. The highest BCUT2D eigenvalue weighted by atomic mass is 16.3. The molecule has 0 aliphatic carbocycles. The van der Waals surface area contributed by atoms with Gasteiger partial charge in [0, 0.05) is 65.3 Å². The first kappa shape index (κ1) is 72.4. The Hall–Kier alpha value is -16.8. The van der Waals surface area contributed by atoms with Crippen molar-refractivity contribution < 1.29 is 8.83 Å². The number of hydrogen-bond acceptors (Lipinski definition) is 8. The minimum atomic E-state index is 0.506. The van der Waals surface area contributed by atoms with Crippen molar-refractivity contribution in [2.24, 2.45) is 0 Å². The highest BCUT2D eigenvalue weighted by Crippen LogP contribution is 2.47. The topological polar surface area (TPSA) is 113 Å². The molecule has 0 saturated carbocycles. The molecule has 0 amide bonds. The molecule has 0 atom stereocenters. The smallest absolute Gasteiger partial charge is 0.238 e. The van der Waals surface area contributed by atoms with E-state index in [2.05, 4.69) is 391 Å². The highest BCUT2D eigenvalue weighted by molar-refractivity contribution is 6.24. The highest BCUT2D eigenvalue weighted by Gasteiger charge is 2.27. The van der Waals surface area contributed by atoms with Gasteiger partial charge in [-0.15, -0.1) is 0 Å². The molecule has 10 nitrogen and oxygen atoms in total. The van der Waals surface area contributed by atoms with E-state index in [-0.39, 0.29) is 0 Å². The van der Waals surface area contributed by atoms with Crippen LogP contribution in [0.25, 0.3) is 234 Å². The predicted molar refractivity (Wildman–Crippen MR) is 508 cm³/mol. The molecule has 0 radical (unpaired) electrons. The summed E-state index contributed by atoms with van der Waals surface area (Å²) in [5, 5.41) is 8.46. The standard InChI is InChI=1S/C63H40N4O.C51H32N4O/c1-5-16-41(17-6-1)45-28-32-47(33-29-45)61-64-62(48-34-30-46(31-35-48)42-18-7-2-8-19-42)66-63(65-61)67-56-26-14-13-24-53(56)54-36-37-55-58-52(25-15-27-57(58)68-60(55)59(54)67)51-39-49(43-20-9-3-10-21-43)38-50(40-51)44-22-11-4-12-23-44;1-4-12-33(13-5-1)35-20-22-37(23-21-35)40-28-31-46-44(32-40)43-30-29-42-41-18-10-11-19-45(41)55(47(42)48(43)56-46)51-53-49(38-16-8-3-9-17-38)52-50(54-51)39-26-24-36(25-27-39)34-14-6-2-7-15-34/h1-40H;1-32H. The van der Waals surface area contributed by atoms with Gasteiger partial charge >= 0.3 is 0 Å². The lowest BCUT2D eigenvalue weighted by Gasteiger charge is -2.12. The summed E-state index contributed by atoms with van der Waals surface area (Å²) in [5.41, 5.74) is 29.0. The van der Waals surface area contributed by atoms with E-state index in [0.717, 1.165) is 188 Å². The molecular formula is C114H72N8O2. The van der Waals surface area contributed by atoms with Gasteiger partial charge in [0.2, 0.25) is 11.9 Å². The average Bonchev–Trinajstić information content (AvgIpc) is 1.57. The third-order valence-corrected chi connectivity index (χ3v) is 23.8. The molecule has 24 aromatic rings. The van der Waals surface area contributed by atoms with Crippen molar-refractivity contribution in [3.05, 3.63) is 437 Å². The average molecular weight is 1590 g/mol. The lowest BCUT2D eigenvalue weighted by Crippen LogP contribution is -2.06. The van der Waals surface area contributed by atoms with Crippen LogP contribution in [0.15, 0.2) is 446 Å². The van der Waals surface area contributed by atoms with Gasteiger partial charge in [0.25, 0.3) is 0 Å². The minimum Gasteiger partial charge on any atom is -0.454 e. The maximum absolute atomic E-state index is 7.10. The maximum Gasteiger partial charge on any atom is 0.238 e. The SMILES string of the molecule is c1ccc(-c2ccc(-c3ccc4oc5c(ccc6c7ccccc7n(-c7nc(-c8ccccc8)nc(-c8ccc(-c9ccccc9)cc8)n7)c65)c4c3)cc2)cc1.c1ccc(-c2ccc(-c3nc(-c4ccc(-c5ccccc5)cc4)nc(-n4c5ccccc5c5ccc6c(oc7cccc(-c8cc(-c9ccccc9)cc(-c9ccccc9)c8)c76)c54)n3)cc2)cc1. The van der Waals surface area contributed by atoms with Gasteiger partial charge in [-0.1, -0.05) is 376 Å². The third-order valence-electron chi connectivity index (χ3n) is 23.8. The zero-order valence-electron chi connectivity index (χ0n) is 67.0. The van der Waals surface area contributed by atoms with Crippen molar-refractivity contribution in [1.29, 1.82) is 0 Å². The molecule has 0 bridgehead atoms.